The fourth-order valence-electron chi connectivity index (χ4n) is 3.96. The molecule has 1 N–H and O–H groups in total. The largest absolute Gasteiger partial charge is 0.507 e. The summed E-state index contributed by atoms with van der Waals surface area (Å²) in [6, 6.07) is 12.6. The van der Waals surface area contributed by atoms with Crippen LogP contribution in [0, 0.1) is 5.82 Å². The molecule has 0 spiro atoms. The van der Waals surface area contributed by atoms with Gasteiger partial charge in [-0.15, -0.1) is 0 Å². The van der Waals surface area contributed by atoms with Crippen LogP contribution in [0.2, 0.25) is 0 Å². The molecule has 1 aliphatic heterocycles. The molecule has 1 fully saturated rings. The number of likely N-dealkylation sites (tertiary alicyclic amines) is 1. The summed E-state index contributed by atoms with van der Waals surface area (Å²) in [5.41, 5.74) is 0.662. The molecule has 2 aromatic carbocycles. The summed E-state index contributed by atoms with van der Waals surface area (Å²) in [6.07, 6.45) is 1.48. The number of carbonyl (C=O) groups is 2. The van der Waals surface area contributed by atoms with Gasteiger partial charge in [0, 0.05) is 5.56 Å². The van der Waals surface area contributed by atoms with Crippen molar-refractivity contribution in [3.05, 3.63) is 89.1 Å². The number of benzene rings is 2. The summed E-state index contributed by atoms with van der Waals surface area (Å²) in [7, 11) is 0. The van der Waals surface area contributed by atoms with Crippen molar-refractivity contribution in [2.24, 2.45) is 0 Å². The number of nitrogens with zero attached hydrogens (tertiary/aromatic N) is 1. The highest BCUT2D eigenvalue weighted by Crippen LogP contribution is 2.42. The molecular formula is C26H24FNO6. The quantitative estimate of drug-likeness (QED) is 0.291. The van der Waals surface area contributed by atoms with Crippen LogP contribution in [0.25, 0.3) is 5.76 Å². The summed E-state index contributed by atoms with van der Waals surface area (Å²) in [4.78, 5) is 27.5. The Morgan fingerprint density at radius 3 is 2.38 bits per heavy atom. The van der Waals surface area contributed by atoms with Gasteiger partial charge in [0.25, 0.3) is 11.7 Å². The molecule has 7 nitrogen and oxygen atoms in total. The molecule has 1 aliphatic rings. The van der Waals surface area contributed by atoms with Crippen molar-refractivity contribution in [2.45, 2.75) is 26.4 Å². The second kappa shape index (κ2) is 9.82. The minimum absolute atomic E-state index is 0.0135. The highest BCUT2D eigenvalue weighted by Gasteiger charge is 2.46. The van der Waals surface area contributed by atoms with E-state index in [1.54, 1.807) is 30.3 Å². The van der Waals surface area contributed by atoms with Crippen LogP contribution in [-0.2, 0) is 16.1 Å². The summed E-state index contributed by atoms with van der Waals surface area (Å²) in [5.74, 6) is -1.05. The van der Waals surface area contributed by atoms with E-state index in [0.717, 1.165) is 0 Å². The van der Waals surface area contributed by atoms with Gasteiger partial charge in [0.05, 0.1) is 37.6 Å². The third-order valence-corrected chi connectivity index (χ3v) is 5.45. The van der Waals surface area contributed by atoms with Gasteiger partial charge in [-0.3, -0.25) is 9.59 Å². The van der Waals surface area contributed by atoms with E-state index in [4.69, 9.17) is 13.9 Å². The molecule has 8 heteroatoms. The standard InChI is InChI=1S/C26H24FNO6/c1-3-32-20-12-9-17(14-21(20)33-4-2)23-22(24(29)16-7-10-18(27)11-8-16)25(30)26(31)28(23)15-19-6-5-13-34-19/h5-14,23,29H,3-4,15H2,1-2H3/b24-22+. The van der Waals surface area contributed by atoms with E-state index in [0.29, 0.717) is 36.0 Å². The van der Waals surface area contributed by atoms with Crippen molar-refractivity contribution in [2.75, 3.05) is 13.2 Å². The number of ketones is 1. The number of hydrogen-bond acceptors (Lipinski definition) is 6. The molecule has 1 amide bonds. The zero-order chi connectivity index (χ0) is 24.2. The van der Waals surface area contributed by atoms with Gasteiger partial charge < -0.3 is 23.9 Å². The minimum atomic E-state index is -0.926. The highest BCUT2D eigenvalue weighted by atomic mass is 19.1. The second-order valence-corrected chi connectivity index (χ2v) is 7.59. The fraction of sp³-hybridized carbons (Fsp3) is 0.231. The monoisotopic (exact) mass is 465 g/mol. The normalized spacial score (nSPS) is 17.3. The summed E-state index contributed by atoms with van der Waals surface area (Å²) in [6.45, 7) is 4.51. The molecule has 176 valence electrons. The van der Waals surface area contributed by atoms with Crippen LogP contribution in [0.3, 0.4) is 0 Å². The van der Waals surface area contributed by atoms with Crippen LogP contribution in [0.4, 0.5) is 4.39 Å². The van der Waals surface area contributed by atoms with Crippen LogP contribution >= 0.6 is 0 Å². The summed E-state index contributed by atoms with van der Waals surface area (Å²) in [5, 5.41) is 11.1. The Morgan fingerprint density at radius 1 is 1.03 bits per heavy atom. The Bertz CT molecular complexity index is 1220. The van der Waals surface area contributed by atoms with Crippen molar-refractivity contribution in [3.63, 3.8) is 0 Å². The predicted molar refractivity (Wildman–Crippen MR) is 122 cm³/mol. The number of aliphatic hydroxyl groups excluding tert-OH is 1. The average Bonchev–Trinajstić information content (AvgIpc) is 3.43. The van der Waals surface area contributed by atoms with Crippen molar-refractivity contribution in [3.8, 4) is 11.5 Å². The Hall–Kier alpha value is -4.07. The first kappa shape index (κ1) is 23.1. The first-order valence-electron chi connectivity index (χ1n) is 10.9. The van der Waals surface area contributed by atoms with E-state index in [1.807, 2.05) is 13.8 Å². The number of rotatable bonds is 8. The summed E-state index contributed by atoms with van der Waals surface area (Å²) < 4.78 is 30.2. The molecule has 0 aliphatic carbocycles. The number of hydrogen-bond donors (Lipinski definition) is 1. The van der Waals surface area contributed by atoms with Crippen molar-refractivity contribution in [1.82, 2.24) is 4.90 Å². The molecule has 4 rings (SSSR count). The fourth-order valence-corrected chi connectivity index (χ4v) is 3.96. The third kappa shape index (κ3) is 4.39. The third-order valence-electron chi connectivity index (χ3n) is 5.45. The lowest BCUT2D eigenvalue weighted by molar-refractivity contribution is -0.140. The minimum Gasteiger partial charge on any atom is -0.507 e. The van der Waals surface area contributed by atoms with Gasteiger partial charge in [-0.25, -0.2) is 4.39 Å². The van der Waals surface area contributed by atoms with Gasteiger partial charge >= 0.3 is 0 Å². The molecule has 0 bridgehead atoms. The van der Waals surface area contributed by atoms with E-state index in [2.05, 4.69) is 0 Å². The number of ether oxygens (including phenoxy) is 2. The maximum absolute atomic E-state index is 13.4. The molecular weight excluding hydrogens is 441 g/mol. The molecule has 2 heterocycles. The van der Waals surface area contributed by atoms with Crippen LogP contribution in [0.5, 0.6) is 11.5 Å². The molecule has 0 saturated carbocycles. The molecule has 1 atom stereocenters. The van der Waals surface area contributed by atoms with Gasteiger partial charge in [0.2, 0.25) is 0 Å². The first-order valence-corrected chi connectivity index (χ1v) is 10.9. The highest BCUT2D eigenvalue weighted by molar-refractivity contribution is 6.46. The van der Waals surface area contributed by atoms with Crippen molar-refractivity contribution < 1.29 is 33.0 Å². The molecule has 34 heavy (non-hydrogen) atoms. The number of amides is 1. The van der Waals surface area contributed by atoms with Crippen molar-refractivity contribution >= 4 is 17.4 Å². The van der Waals surface area contributed by atoms with Crippen LogP contribution in [0.1, 0.15) is 36.8 Å². The Kier molecular flexibility index (Phi) is 6.67. The maximum atomic E-state index is 13.4. The molecule has 1 saturated heterocycles. The molecule has 3 aromatic rings. The van der Waals surface area contributed by atoms with Gasteiger partial charge in [-0.1, -0.05) is 6.07 Å². The lowest BCUT2D eigenvalue weighted by Gasteiger charge is -2.25. The first-order chi connectivity index (χ1) is 16.4. The summed E-state index contributed by atoms with van der Waals surface area (Å²) >= 11 is 0. The van der Waals surface area contributed by atoms with E-state index in [-0.39, 0.29) is 17.7 Å². The van der Waals surface area contributed by atoms with Gasteiger partial charge in [-0.2, -0.15) is 0 Å². The zero-order valence-corrected chi connectivity index (χ0v) is 18.8. The lowest BCUT2D eigenvalue weighted by Crippen LogP contribution is -2.29. The second-order valence-electron chi connectivity index (χ2n) is 7.59. The number of halogens is 1. The number of carbonyl (C=O) groups excluding carboxylic acids is 2. The van der Waals surface area contributed by atoms with E-state index >= 15 is 0 Å². The molecule has 1 unspecified atom stereocenters. The van der Waals surface area contributed by atoms with E-state index in [9.17, 15) is 19.1 Å². The molecule has 1 aromatic heterocycles. The Labute approximate surface area is 196 Å². The van der Waals surface area contributed by atoms with E-state index < -0.39 is 29.3 Å². The Balaban J connectivity index is 1.87. The van der Waals surface area contributed by atoms with Crippen LogP contribution < -0.4 is 9.47 Å². The molecule has 0 radical (unpaired) electrons. The van der Waals surface area contributed by atoms with Crippen LogP contribution in [0.15, 0.2) is 70.9 Å². The van der Waals surface area contributed by atoms with Gasteiger partial charge in [-0.05, 0) is 67.9 Å². The number of furan rings is 1. The Morgan fingerprint density at radius 2 is 1.74 bits per heavy atom. The van der Waals surface area contributed by atoms with Gasteiger partial charge in [0.1, 0.15) is 17.3 Å². The maximum Gasteiger partial charge on any atom is 0.296 e. The van der Waals surface area contributed by atoms with Gasteiger partial charge in [0.15, 0.2) is 11.5 Å². The smallest absolute Gasteiger partial charge is 0.296 e. The van der Waals surface area contributed by atoms with Crippen LogP contribution in [-0.4, -0.2) is 34.9 Å². The number of Topliss-reactive ketones (excluding diaryl/α,β-unsaturated/α-hetero) is 1. The SMILES string of the molecule is CCOc1ccc(C2/C(=C(\O)c3ccc(F)cc3)C(=O)C(=O)N2Cc2ccco2)cc1OCC. The zero-order valence-electron chi connectivity index (χ0n) is 18.8. The predicted octanol–water partition coefficient (Wildman–Crippen LogP) is 4.84. The number of aliphatic hydroxyl groups is 1. The lowest BCUT2D eigenvalue weighted by atomic mass is 9.95. The van der Waals surface area contributed by atoms with E-state index in [1.165, 1.54) is 35.4 Å². The van der Waals surface area contributed by atoms with Crippen molar-refractivity contribution in [1.29, 1.82) is 0 Å². The average molecular weight is 465 g/mol. The topological polar surface area (TPSA) is 89.2 Å².